The number of carbonyl (C=O) groups is 2. The highest BCUT2D eigenvalue weighted by atomic mass is 17.5. The molecule has 1 aromatic carbocycles. The van der Waals surface area contributed by atoms with Crippen LogP contribution < -0.4 is 0 Å². The fourth-order valence-corrected chi connectivity index (χ4v) is 3.68. The minimum absolute atomic E-state index is 0.0297. The number of hydrogen-bond donors (Lipinski definition) is 0. The van der Waals surface area contributed by atoms with E-state index >= 15 is 0 Å². The highest BCUT2D eigenvalue weighted by Crippen LogP contribution is 2.39. The van der Waals surface area contributed by atoms with Gasteiger partial charge in [0.2, 0.25) is 0 Å². The van der Waals surface area contributed by atoms with E-state index in [4.69, 9.17) is 4.74 Å². The van der Waals surface area contributed by atoms with Crippen LogP contribution in [0.2, 0.25) is 0 Å². The van der Waals surface area contributed by atoms with E-state index in [0.717, 1.165) is 50.5 Å². The van der Waals surface area contributed by atoms with Gasteiger partial charge in [0.25, 0.3) is 0 Å². The van der Waals surface area contributed by atoms with Gasteiger partial charge in [-0.2, -0.15) is 0 Å². The maximum Gasteiger partial charge on any atom is 0.543 e. The van der Waals surface area contributed by atoms with Crippen LogP contribution in [0, 0.1) is 11.3 Å². The molecule has 0 saturated heterocycles. The summed E-state index contributed by atoms with van der Waals surface area (Å²) < 4.78 is 5.39. The number of ether oxygens (including phenoxy) is 1. The molecule has 2 atom stereocenters. The van der Waals surface area contributed by atoms with Crippen LogP contribution in [-0.4, -0.2) is 18.2 Å². The van der Waals surface area contributed by atoms with Crippen molar-refractivity contribution in [3.8, 4) is 0 Å². The zero-order valence-corrected chi connectivity index (χ0v) is 17.4. The SMILES string of the molecule is CCCCc1ccc(C(=O)OOOC(=O)OC2CCCCC2C(C)(C)C)cc1. The van der Waals surface area contributed by atoms with Crippen LogP contribution >= 0.6 is 0 Å². The monoisotopic (exact) mass is 392 g/mol. The number of rotatable bonds is 7. The Bertz CT molecular complexity index is 631. The van der Waals surface area contributed by atoms with Crippen molar-refractivity contribution in [3.05, 3.63) is 35.4 Å². The maximum atomic E-state index is 11.9. The molecule has 6 heteroatoms. The molecule has 1 aliphatic carbocycles. The van der Waals surface area contributed by atoms with E-state index in [1.165, 1.54) is 0 Å². The Morgan fingerprint density at radius 1 is 1.04 bits per heavy atom. The summed E-state index contributed by atoms with van der Waals surface area (Å²) in [4.78, 5) is 32.8. The quantitative estimate of drug-likeness (QED) is 0.332. The number of aryl methyl sites for hydroxylation is 1. The zero-order valence-electron chi connectivity index (χ0n) is 17.4. The normalized spacial score (nSPS) is 19.7. The smallest absolute Gasteiger partial charge is 0.429 e. The average molecular weight is 392 g/mol. The predicted molar refractivity (Wildman–Crippen MR) is 104 cm³/mol. The molecule has 1 aliphatic rings. The van der Waals surface area contributed by atoms with Crippen LogP contribution in [-0.2, 0) is 26.0 Å². The molecule has 0 bridgehead atoms. The van der Waals surface area contributed by atoms with Crippen molar-refractivity contribution in [2.45, 2.75) is 78.7 Å². The summed E-state index contributed by atoms with van der Waals surface area (Å²) in [5.74, 6) is -0.484. The number of unbranched alkanes of at least 4 members (excludes halogenated alkanes) is 1. The third-order valence-corrected chi connectivity index (χ3v) is 5.28. The first-order valence-corrected chi connectivity index (χ1v) is 10.2. The lowest BCUT2D eigenvalue weighted by Crippen LogP contribution is -2.38. The van der Waals surface area contributed by atoms with Crippen LogP contribution in [0.5, 0.6) is 0 Å². The second kappa shape index (κ2) is 10.5. The van der Waals surface area contributed by atoms with Crippen LogP contribution in [0.1, 0.15) is 82.1 Å². The van der Waals surface area contributed by atoms with Gasteiger partial charge in [0.1, 0.15) is 6.10 Å². The molecule has 0 N–H and O–H groups in total. The van der Waals surface area contributed by atoms with Gasteiger partial charge in [-0.25, -0.2) is 14.5 Å². The largest absolute Gasteiger partial charge is 0.543 e. The summed E-state index contributed by atoms with van der Waals surface area (Å²) >= 11 is 0. The average Bonchev–Trinajstić information content (AvgIpc) is 2.66. The minimum atomic E-state index is -0.996. The Kier molecular flexibility index (Phi) is 8.30. The Balaban J connectivity index is 1.76. The second-order valence-corrected chi connectivity index (χ2v) is 8.49. The van der Waals surface area contributed by atoms with Gasteiger partial charge in [-0.1, -0.05) is 52.7 Å². The lowest BCUT2D eigenvalue weighted by atomic mass is 9.71. The van der Waals surface area contributed by atoms with Gasteiger partial charge < -0.3 is 4.74 Å². The molecule has 6 nitrogen and oxygen atoms in total. The van der Waals surface area contributed by atoms with Crippen molar-refractivity contribution >= 4 is 12.1 Å². The summed E-state index contributed by atoms with van der Waals surface area (Å²) in [6.45, 7) is 8.54. The van der Waals surface area contributed by atoms with Crippen molar-refractivity contribution < 1.29 is 29.1 Å². The maximum absolute atomic E-state index is 11.9. The first kappa shape index (κ1) is 22.2. The molecule has 2 rings (SSSR count). The van der Waals surface area contributed by atoms with Gasteiger partial charge in [-0.15, -0.1) is 0 Å². The summed E-state index contributed by atoms with van der Waals surface area (Å²) in [7, 11) is 0. The van der Waals surface area contributed by atoms with Gasteiger partial charge >= 0.3 is 12.1 Å². The fraction of sp³-hybridized carbons (Fsp3) is 0.636. The predicted octanol–water partition coefficient (Wildman–Crippen LogP) is 5.79. The van der Waals surface area contributed by atoms with Gasteiger partial charge in [-0.3, -0.25) is 4.89 Å². The summed E-state index contributed by atoms with van der Waals surface area (Å²) in [5.41, 5.74) is 1.50. The van der Waals surface area contributed by atoms with Crippen LogP contribution in [0.4, 0.5) is 4.79 Å². The van der Waals surface area contributed by atoms with Crippen molar-refractivity contribution in [2.24, 2.45) is 11.3 Å². The highest BCUT2D eigenvalue weighted by Gasteiger charge is 2.37. The van der Waals surface area contributed by atoms with E-state index in [2.05, 4.69) is 42.5 Å². The van der Waals surface area contributed by atoms with Crippen LogP contribution in [0.15, 0.2) is 24.3 Å². The number of carbonyl (C=O) groups excluding carboxylic acids is 2. The van der Waals surface area contributed by atoms with Gasteiger partial charge in [0.15, 0.2) is 0 Å². The topological polar surface area (TPSA) is 71.1 Å². The Morgan fingerprint density at radius 3 is 2.36 bits per heavy atom. The van der Waals surface area contributed by atoms with Crippen molar-refractivity contribution in [2.75, 3.05) is 0 Å². The molecule has 0 radical (unpaired) electrons. The van der Waals surface area contributed by atoms with Crippen molar-refractivity contribution in [1.29, 1.82) is 0 Å². The van der Waals surface area contributed by atoms with E-state index in [1.54, 1.807) is 12.1 Å². The van der Waals surface area contributed by atoms with Crippen LogP contribution in [0.25, 0.3) is 0 Å². The molecular formula is C22H32O6. The fourth-order valence-electron chi connectivity index (χ4n) is 3.68. The van der Waals surface area contributed by atoms with Gasteiger partial charge in [0, 0.05) is 5.92 Å². The molecule has 2 unspecified atom stereocenters. The standard InChI is InChI=1S/C22H32O6/c1-5-6-9-16-12-14-17(15-13-16)20(23)26-28-27-21(24)25-19-11-8-7-10-18(19)22(2,3)4/h12-15,18-19H,5-11H2,1-4H3. The molecular weight excluding hydrogens is 360 g/mol. The van der Waals surface area contributed by atoms with E-state index in [0.29, 0.717) is 5.56 Å². The Hall–Kier alpha value is -2.08. The Labute approximate surface area is 167 Å². The first-order valence-electron chi connectivity index (χ1n) is 10.2. The van der Waals surface area contributed by atoms with E-state index in [9.17, 15) is 9.59 Å². The first-order chi connectivity index (χ1) is 13.3. The summed E-state index contributed by atoms with van der Waals surface area (Å²) in [6, 6.07) is 7.06. The third-order valence-electron chi connectivity index (χ3n) is 5.28. The number of hydrogen-bond acceptors (Lipinski definition) is 6. The molecule has 1 fully saturated rings. The van der Waals surface area contributed by atoms with Crippen molar-refractivity contribution in [3.63, 3.8) is 0 Å². The van der Waals surface area contributed by atoms with E-state index in [1.807, 2.05) is 12.1 Å². The molecule has 1 saturated carbocycles. The highest BCUT2D eigenvalue weighted by molar-refractivity contribution is 5.88. The molecule has 0 heterocycles. The van der Waals surface area contributed by atoms with Gasteiger partial charge in [-0.05, 0) is 55.2 Å². The molecule has 156 valence electrons. The third kappa shape index (κ3) is 6.82. The van der Waals surface area contributed by atoms with E-state index < -0.39 is 12.1 Å². The second-order valence-electron chi connectivity index (χ2n) is 8.49. The van der Waals surface area contributed by atoms with Gasteiger partial charge in [0.05, 0.1) is 10.6 Å². The molecule has 28 heavy (non-hydrogen) atoms. The summed E-state index contributed by atoms with van der Waals surface area (Å²) in [5, 5.41) is 4.35. The minimum Gasteiger partial charge on any atom is -0.429 e. The molecule has 1 aromatic rings. The zero-order chi connectivity index (χ0) is 20.6. The summed E-state index contributed by atoms with van der Waals surface area (Å²) in [6.07, 6.45) is 5.89. The van der Waals surface area contributed by atoms with E-state index in [-0.39, 0.29) is 17.4 Å². The Morgan fingerprint density at radius 2 is 1.71 bits per heavy atom. The molecule has 0 aromatic heterocycles. The number of benzene rings is 1. The lowest BCUT2D eigenvalue weighted by Gasteiger charge is -2.39. The molecule has 0 amide bonds. The molecule has 0 spiro atoms. The lowest BCUT2D eigenvalue weighted by molar-refractivity contribution is -0.453. The van der Waals surface area contributed by atoms with Crippen LogP contribution in [0.3, 0.4) is 0 Å². The molecule has 0 aliphatic heterocycles. The van der Waals surface area contributed by atoms with Crippen molar-refractivity contribution in [1.82, 2.24) is 0 Å².